The van der Waals surface area contributed by atoms with Crippen LogP contribution in [0.1, 0.15) is 25.3 Å². The van der Waals surface area contributed by atoms with Crippen LogP contribution in [0.15, 0.2) is 34.8 Å². The van der Waals surface area contributed by atoms with Gasteiger partial charge >= 0.3 is 0 Å². The summed E-state index contributed by atoms with van der Waals surface area (Å²) in [7, 11) is 0. The molecule has 0 heterocycles. The summed E-state index contributed by atoms with van der Waals surface area (Å²) in [5.41, 5.74) is 2.91. The number of halogens is 3. The Morgan fingerprint density at radius 1 is 1.22 bits per heavy atom. The Morgan fingerprint density at radius 2 is 1.94 bits per heavy atom. The molecule has 2 rings (SSSR count). The summed E-state index contributed by atoms with van der Waals surface area (Å²) in [5.74, 6) is 0.283. The van der Waals surface area contributed by atoms with Crippen molar-refractivity contribution in [2.45, 2.75) is 19.8 Å². The van der Waals surface area contributed by atoms with E-state index in [4.69, 9.17) is 23.2 Å². The minimum absolute atomic E-state index is 0.283. The zero-order chi connectivity index (χ0) is 13.3. The van der Waals surface area contributed by atoms with Crippen LogP contribution in [-0.2, 0) is 0 Å². The lowest BCUT2D eigenvalue weighted by Crippen LogP contribution is -1.93. The van der Waals surface area contributed by atoms with E-state index >= 15 is 0 Å². The molecule has 0 N–H and O–H groups in total. The van der Waals surface area contributed by atoms with Gasteiger partial charge in [0.1, 0.15) is 0 Å². The van der Waals surface area contributed by atoms with E-state index < -0.39 is 0 Å². The molecule has 0 aliphatic carbocycles. The first kappa shape index (κ1) is 13.9. The normalized spacial score (nSPS) is 11.0. The fourth-order valence-corrected chi connectivity index (χ4v) is 3.20. The van der Waals surface area contributed by atoms with E-state index in [1.54, 1.807) is 6.07 Å². The maximum Gasteiger partial charge on any atom is 0.0540 e. The van der Waals surface area contributed by atoms with Crippen LogP contribution in [-0.4, -0.2) is 0 Å². The Kier molecular flexibility index (Phi) is 4.37. The number of hydrogen-bond donors (Lipinski definition) is 0. The van der Waals surface area contributed by atoms with Gasteiger partial charge in [0.15, 0.2) is 0 Å². The van der Waals surface area contributed by atoms with E-state index in [0.717, 1.165) is 21.2 Å². The van der Waals surface area contributed by atoms with E-state index in [9.17, 15) is 0 Å². The lowest BCUT2D eigenvalue weighted by Gasteiger charge is -2.14. The average Bonchev–Trinajstić information content (AvgIpc) is 2.28. The molecule has 0 aromatic heterocycles. The second kappa shape index (κ2) is 5.64. The van der Waals surface area contributed by atoms with Gasteiger partial charge in [-0.15, -0.1) is 0 Å². The van der Waals surface area contributed by atoms with E-state index in [1.165, 1.54) is 0 Å². The summed E-state index contributed by atoms with van der Waals surface area (Å²) < 4.78 is 1.02. The van der Waals surface area contributed by atoms with Crippen LogP contribution in [0.5, 0.6) is 0 Å². The number of benzene rings is 2. The van der Waals surface area contributed by atoms with Gasteiger partial charge in [-0.25, -0.2) is 0 Å². The minimum Gasteiger partial charge on any atom is -0.0840 e. The molecule has 3 heteroatoms. The Hall–Kier alpha value is -0.500. The van der Waals surface area contributed by atoms with Crippen molar-refractivity contribution in [1.29, 1.82) is 0 Å². The lowest BCUT2D eigenvalue weighted by atomic mass is 9.97. The Bertz CT molecular complexity index is 577. The van der Waals surface area contributed by atoms with Crippen molar-refractivity contribution in [1.82, 2.24) is 0 Å². The van der Waals surface area contributed by atoms with E-state index in [2.05, 4.69) is 35.8 Å². The van der Waals surface area contributed by atoms with Gasteiger partial charge in [-0.05, 0) is 41.3 Å². The molecule has 1 radical (unpaired) electrons. The highest BCUT2D eigenvalue weighted by Gasteiger charge is 2.15. The summed E-state index contributed by atoms with van der Waals surface area (Å²) in [5, 5.41) is 1.37. The van der Waals surface area contributed by atoms with Crippen LogP contribution in [0.25, 0.3) is 11.1 Å². The smallest absolute Gasteiger partial charge is 0.0540 e. The lowest BCUT2D eigenvalue weighted by molar-refractivity contribution is 0.867. The monoisotopic (exact) mass is 341 g/mol. The molecule has 0 unspecified atom stereocenters. The molecule has 0 amide bonds. The molecule has 0 saturated carbocycles. The highest BCUT2D eigenvalue weighted by molar-refractivity contribution is 9.10. The molecule has 0 fully saturated rings. The van der Waals surface area contributed by atoms with Crippen LogP contribution in [0.2, 0.25) is 10.0 Å². The van der Waals surface area contributed by atoms with Gasteiger partial charge in [0.25, 0.3) is 0 Å². The Morgan fingerprint density at radius 3 is 2.56 bits per heavy atom. The number of hydrogen-bond acceptors (Lipinski definition) is 0. The van der Waals surface area contributed by atoms with Crippen molar-refractivity contribution in [3.8, 4) is 11.1 Å². The largest absolute Gasteiger partial charge is 0.0840 e. The van der Waals surface area contributed by atoms with Gasteiger partial charge in [-0.2, -0.15) is 0 Å². The quantitative estimate of drug-likeness (QED) is 0.596. The molecule has 0 atom stereocenters. The van der Waals surface area contributed by atoms with Crippen molar-refractivity contribution >= 4 is 39.1 Å². The second-order valence-corrected chi connectivity index (χ2v) is 6.11. The number of rotatable bonds is 2. The van der Waals surface area contributed by atoms with Crippen molar-refractivity contribution in [3.63, 3.8) is 0 Å². The maximum atomic E-state index is 6.46. The van der Waals surface area contributed by atoms with Crippen LogP contribution in [0.3, 0.4) is 0 Å². The van der Waals surface area contributed by atoms with Crippen molar-refractivity contribution in [2.24, 2.45) is 0 Å². The molecular weight excluding hydrogens is 331 g/mol. The highest BCUT2D eigenvalue weighted by atomic mass is 79.9. The molecule has 0 aliphatic rings. The summed E-state index contributed by atoms with van der Waals surface area (Å²) in [6.45, 7) is 4.16. The second-order valence-electron chi connectivity index (χ2n) is 4.40. The minimum atomic E-state index is 0.283. The van der Waals surface area contributed by atoms with Gasteiger partial charge in [-0.3, -0.25) is 0 Å². The van der Waals surface area contributed by atoms with Crippen molar-refractivity contribution in [2.75, 3.05) is 0 Å². The predicted octanol–water partition coefficient (Wildman–Crippen LogP) is 6.35. The first-order valence-corrected chi connectivity index (χ1v) is 7.21. The van der Waals surface area contributed by atoms with E-state index in [-0.39, 0.29) is 5.92 Å². The van der Waals surface area contributed by atoms with Crippen molar-refractivity contribution < 1.29 is 0 Å². The molecule has 0 saturated heterocycles. The van der Waals surface area contributed by atoms with Gasteiger partial charge in [0.2, 0.25) is 0 Å². The summed E-state index contributed by atoms with van der Waals surface area (Å²) in [6.07, 6.45) is 0. The molecule has 0 spiro atoms. The molecule has 0 nitrogen and oxygen atoms in total. The predicted molar refractivity (Wildman–Crippen MR) is 82.5 cm³/mol. The summed E-state index contributed by atoms with van der Waals surface area (Å²) in [4.78, 5) is 0. The Labute approximate surface area is 126 Å². The molecule has 0 aliphatic heterocycles. The maximum absolute atomic E-state index is 6.46. The molecular formula is C15H12BrCl2. The summed E-state index contributed by atoms with van der Waals surface area (Å²) >= 11 is 16.1. The zero-order valence-corrected chi connectivity index (χ0v) is 13.2. The SMILES string of the molecule is CC(C)c1c(Cl)c[c]c(-c2cccc(Br)c2)c1Cl. The van der Waals surface area contributed by atoms with Crippen LogP contribution in [0.4, 0.5) is 0 Å². The fourth-order valence-electron chi connectivity index (χ4n) is 1.90. The van der Waals surface area contributed by atoms with Gasteiger partial charge in [0, 0.05) is 15.1 Å². The van der Waals surface area contributed by atoms with E-state index in [1.807, 2.05) is 24.3 Å². The Balaban J connectivity index is 2.63. The molecule has 2 aromatic carbocycles. The summed E-state index contributed by atoms with van der Waals surface area (Å²) in [6, 6.07) is 12.9. The van der Waals surface area contributed by atoms with Crippen LogP contribution < -0.4 is 0 Å². The molecule has 93 valence electrons. The zero-order valence-electron chi connectivity index (χ0n) is 10.1. The third kappa shape index (κ3) is 2.74. The third-order valence-corrected chi connectivity index (χ3v) is 3.95. The van der Waals surface area contributed by atoms with Crippen LogP contribution in [0, 0.1) is 6.07 Å². The fraction of sp³-hybridized carbons (Fsp3) is 0.200. The first-order valence-electron chi connectivity index (χ1n) is 5.66. The van der Waals surface area contributed by atoms with Crippen molar-refractivity contribution in [3.05, 3.63) is 56.5 Å². The van der Waals surface area contributed by atoms with Gasteiger partial charge in [0.05, 0.1) is 5.02 Å². The third-order valence-electron chi connectivity index (χ3n) is 2.75. The average molecular weight is 343 g/mol. The first-order chi connectivity index (χ1) is 8.50. The van der Waals surface area contributed by atoms with E-state index in [0.29, 0.717) is 10.0 Å². The van der Waals surface area contributed by atoms with Gasteiger partial charge in [-0.1, -0.05) is 65.1 Å². The topological polar surface area (TPSA) is 0 Å². The van der Waals surface area contributed by atoms with Gasteiger partial charge < -0.3 is 0 Å². The molecule has 0 bridgehead atoms. The molecule has 2 aromatic rings. The van der Waals surface area contributed by atoms with Crippen LogP contribution >= 0.6 is 39.1 Å². The highest BCUT2D eigenvalue weighted by Crippen LogP contribution is 2.38. The standard InChI is InChI=1S/C15H12BrCl2/c1-9(2)14-13(17)7-6-12(15(14)18)10-4-3-5-11(16)8-10/h3-5,7-9H,1-2H3. The molecule has 18 heavy (non-hydrogen) atoms.